The quantitative estimate of drug-likeness (QED) is 0.506. The first-order valence-corrected chi connectivity index (χ1v) is 12.9. The summed E-state index contributed by atoms with van der Waals surface area (Å²) in [5.74, 6) is 0.265. The summed E-state index contributed by atoms with van der Waals surface area (Å²) in [5.41, 5.74) is 0.456. The average molecular weight is 484 g/mol. The largest absolute Gasteiger partial charge is 0.497 e. The Hall–Kier alpha value is -2.47. The van der Waals surface area contributed by atoms with Gasteiger partial charge in [-0.15, -0.1) is 0 Å². The first-order chi connectivity index (χ1) is 15.0. The highest BCUT2D eigenvalue weighted by Gasteiger charge is 2.21. The lowest BCUT2D eigenvalue weighted by atomic mass is 10.2. The van der Waals surface area contributed by atoms with Crippen LogP contribution in [0, 0.1) is 0 Å². The van der Waals surface area contributed by atoms with Gasteiger partial charge in [0.15, 0.2) is 0 Å². The van der Waals surface area contributed by atoms with Crippen LogP contribution in [0.4, 0.5) is 5.69 Å². The zero-order valence-electron chi connectivity index (χ0n) is 18.5. The van der Waals surface area contributed by atoms with E-state index >= 15 is 0 Å². The Balaban J connectivity index is 1.87. The number of amides is 1. The fourth-order valence-electron chi connectivity index (χ4n) is 2.83. The topological polar surface area (TPSA) is 122 Å². The van der Waals surface area contributed by atoms with Crippen molar-refractivity contribution in [3.05, 3.63) is 48.5 Å². The van der Waals surface area contributed by atoms with Crippen molar-refractivity contribution in [2.75, 3.05) is 26.0 Å². The van der Waals surface area contributed by atoms with Crippen LogP contribution in [0.5, 0.6) is 5.75 Å². The van der Waals surface area contributed by atoms with Crippen LogP contribution in [-0.4, -0.2) is 53.8 Å². The summed E-state index contributed by atoms with van der Waals surface area (Å²) in [6, 6.07) is 11.7. The molecule has 0 aromatic heterocycles. The molecule has 0 heterocycles. The number of methoxy groups -OCH3 is 1. The molecule has 0 bridgehead atoms. The molecule has 0 saturated carbocycles. The van der Waals surface area contributed by atoms with Crippen molar-refractivity contribution < 1.29 is 26.4 Å². The van der Waals surface area contributed by atoms with E-state index in [-0.39, 0.29) is 34.7 Å². The van der Waals surface area contributed by atoms with Crippen molar-refractivity contribution >= 4 is 31.6 Å². The zero-order valence-corrected chi connectivity index (χ0v) is 20.2. The molecule has 0 spiro atoms. The molecule has 0 aliphatic carbocycles. The number of ether oxygens (including phenoxy) is 1. The maximum Gasteiger partial charge on any atom is 0.242 e. The molecule has 0 aliphatic heterocycles. The molecule has 0 saturated heterocycles. The smallest absolute Gasteiger partial charge is 0.242 e. The van der Waals surface area contributed by atoms with Crippen molar-refractivity contribution in [1.82, 2.24) is 9.03 Å². The lowest BCUT2D eigenvalue weighted by Crippen LogP contribution is -2.30. The number of nitrogens with zero attached hydrogens (tertiary/aromatic N) is 1. The molecule has 32 heavy (non-hydrogen) atoms. The molecule has 2 aromatic rings. The van der Waals surface area contributed by atoms with Gasteiger partial charge in [0.05, 0.1) is 16.9 Å². The highest BCUT2D eigenvalue weighted by molar-refractivity contribution is 7.89. The van der Waals surface area contributed by atoms with Crippen LogP contribution >= 0.6 is 0 Å². The first kappa shape index (κ1) is 25.8. The van der Waals surface area contributed by atoms with Gasteiger partial charge in [-0.3, -0.25) is 4.79 Å². The average Bonchev–Trinajstić information content (AvgIpc) is 2.73. The Kier molecular flexibility index (Phi) is 8.79. The molecular formula is C21H29N3O6S2. The van der Waals surface area contributed by atoms with Crippen LogP contribution < -0.4 is 14.8 Å². The van der Waals surface area contributed by atoms with Crippen LogP contribution in [0.25, 0.3) is 0 Å². The first-order valence-electron chi connectivity index (χ1n) is 9.98. The Morgan fingerprint density at radius 2 is 1.53 bits per heavy atom. The van der Waals surface area contributed by atoms with Crippen LogP contribution in [0.15, 0.2) is 58.3 Å². The normalized spacial score (nSPS) is 12.2. The molecule has 1 amide bonds. The predicted molar refractivity (Wildman–Crippen MR) is 123 cm³/mol. The summed E-state index contributed by atoms with van der Waals surface area (Å²) in [5, 5.41) is 2.68. The minimum absolute atomic E-state index is 0.106. The van der Waals surface area contributed by atoms with Gasteiger partial charge >= 0.3 is 0 Å². The Bertz CT molecular complexity index is 1110. The van der Waals surface area contributed by atoms with E-state index in [2.05, 4.69) is 10.0 Å². The zero-order chi connectivity index (χ0) is 23.9. The van der Waals surface area contributed by atoms with E-state index in [9.17, 15) is 21.6 Å². The van der Waals surface area contributed by atoms with Crippen molar-refractivity contribution in [2.24, 2.45) is 0 Å². The van der Waals surface area contributed by atoms with Crippen LogP contribution in [0.1, 0.15) is 26.7 Å². The fraction of sp³-hybridized carbons (Fsp3) is 0.381. The van der Waals surface area contributed by atoms with Crippen LogP contribution in [0.2, 0.25) is 0 Å². The van der Waals surface area contributed by atoms with Gasteiger partial charge in [0, 0.05) is 31.7 Å². The number of carbonyl (C=O) groups excluding carboxylic acids is 1. The van der Waals surface area contributed by atoms with E-state index in [0.29, 0.717) is 17.9 Å². The van der Waals surface area contributed by atoms with Gasteiger partial charge in [-0.1, -0.05) is 0 Å². The summed E-state index contributed by atoms with van der Waals surface area (Å²) < 4.78 is 58.2. The second kappa shape index (κ2) is 10.9. The molecule has 0 atom stereocenters. The monoisotopic (exact) mass is 483 g/mol. The van der Waals surface area contributed by atoms with Gasteiger partial charge in [-0.05, 0) is 68.8 Å². The predicted octanol–water partition coefficient (Wildman–Crippen LogP) is 2.42. The lowest BCUT2D eigenvalue weighted by molar-refractivity contribution is -0.116. The number of rotatable bonds is 11. The summed E-state index contributed by atoms with van der Waals surface area (Å²) in [6.45, 7) is 3.62. The van der Waals surface area contributed by atoms with Gasteiger partial charge < -0.3 is 10.1 Å². The van der Waals surface area contributed by atoms with Crippen molar-refractivity contribution in [3.8, 4) is 5.75 Å². The molecule has 176 valence electrons. The molecule has 9 nitrogen and oxygen atoms in total. The van der Waals surface area contributed by atoms with E-state index in [1.165, 1.54) is 54.9 Å². The van der Waals surface area contributed by atoms with E-state index in [1.807, 2.05) is 0 Å². The maximum absolute atomic E-state index is 12.6. The minimum Gasteiger partial charge on any atom is -0.497 e. The van der Waals surface area contributed by atoms with E-state index in [0.717, 1.165) is 0 Å². The highest BCUT2D eigenvalue weighted by atomic mass is 32.2. The third kappa shape index (κ3) is 7.02. The third-order valence-electron chi connectivity index (χ3n) is 4.48. The number of carbonyl (C=O) groups is 1. The molecule has 2 aromatic carbocycles. The van der Waals surface area contributed by atoms with Crippen molar-refractivity contribution in [1.29, 1.82) is 0 Å². The summed E-state index contributed by atoms with van der Waals surface area (Å²) in [4.78, 5) is 12.4. The number of nitrogens with one attached hydrogen (secondary N) is 2. The SMILES string of the molecule is COc1ccc(S(=O)(=O)N(C)CCCC(=O)Nc2ccc(S(=O)(=O)NC(C)C)cc2)cc1. The van der Waals surface area contributed by atoms with E-state index in [4.69, 9.17) is 4.74 Å². The van der Waals surface area contributed by atoms with Crippen LogP contribution in [-0.2, 0) is 24.8 Å². The maximum atomic E-state index is 12.6. The molecule has 0 fully saturated rings. The van der Waals surface area contributed by atoms with Crippen molar-refractivity contribution in [2.45, 2.75) is 42.5 Å². The van der Waals surface area contributed by atoms with Crippen molar-refractivity contribution in [3.63, 3.8) is 0 Å². The van der Waals surface area contributed by atoms with Gasteiger partial charge in [-0.2, -0.15) is 0 Å². The highest BCUT2D eigenvalue weighted by Crippen LogP contribution is 2.19. The van der Waals surface area contributed by atoms with Gasteiger partial charge in [0.1, 0.15) is 5.75 Å². The molecule has 11 heteroatoms. The summed E-state index contributed by atoms with van der Waals surface area (Å²) >= 11 is 0. The molecule has 2 rings (SSSR count). The van der Waals surface area contributed by atoms with E-state index in [1.54, 1.807) is 26.0 Å². The summed E-state index contributed by atoms with van der Waals surface area (Å²) in [7, 11) is -4.31. The molecule has 0 radical (unpaired) electrons. The molecule has 2 N–H and O–H groups in total. The molecule has 0 aliphatic rings. The van der Waals surface area contributed by atoms with Gasteiger partial charge in [0.25, 0.3) is 0 Å². The third-order valence-corrected chi connectivity index (χ3v) is 8.03. The fourth-order valence-corrected chi connectivity index (χ4v) is 5.29. The van der Waals surface area contributed by atoms with Gasteiger partial charge in [0.2, 0.25) is 26.0 Å². The Morgan fingerprint density at radius 1 is 0.969 bits per heavy atom. The number of hydrogen-bond acceptors (Lipinski definition) is 6. The molecule has 0 unspecified atom stereocenters. The van der Waals surface area contributed by atoms with E-state index < -0.39 is 20.0 Å². The number of benzene rings is 2. The lowest BCUT2D eigenvalue weighted by Gasteiger charge is -2.17. The number of anilines is 1. The van der Waals surface area contributed by atoms with Gasteiger partial charge in [-0.25, -0.2) is 25.9 Å². The minimum atomic E-state index is -3.67. The Morgan fingerprint density at radius 3 is 2.06 bits per heavy atom. The van der Waals surface area contributed by atoms with Crippen LogP contribution in [0.3, 0.4) is 0 Å². The Labute approximate surface area is 189 Å². The summed E-state index contributed by atoms with van der Waals surface area (Å²) in [6.07, 6.45) is 0.430. The standard InChI is InChI=1S/C21H29N3O6S2/c1-16(2)23-31(26,27)19-11-7-17(8-12-19)22-21(25)6-5-15-24(3)32(28,29)20-13-9-18(30-4)10-14-20/h7-14,16,23H,5-6,15H2,1-4H3,(H,22,25). The number of hydrogen-bond donors (Lipinski definition) is 2. The molecular weight excluding hydrogens is 454 g/mol. The second-order valence-corrected chi connectivity index (χ2v) is 11.2. The second-order valence-electron chi connectivity index (χ2n) is 7.45. The number of sulfonamides is 2.